The van der Waals surface area contributed by atoms with Gasteiger partial charge in [-0.3, -0.25) is 4.79 Å². The quantitative estimate of drug-likeness (QED) is 0.446. The van der Waals surface area contributed by atoms with Crippen LogP contribution in [0.25, 0.3) is 11.0 Å². The van der Waals surface area contributed by atoms with Gasteiger partial charge in [-0.25, -0.2) is 4.98 Å². The Kier molecular flexibility index (Phi) is 6.24. The number of unbranched alkanes of at least 4 members (excludes halogenated alkanes) is 1. The third kappa shape index (κ3) is 4.87. The molecule has 2 aromatic carbocycles. The Morgan fingerprint density at radius 1 is 1.10 bits per heavy atom. The second kappa shape index (κ2) is 8.91. The standard InChI is InChI=1S/C25H30ClN3O2/c1-25(2,3)29-17-18(16-23(29)30)24-27-21-8-4-5-9-22(21)28(24)14-6-7-15-31-20-12-10-19(26)11-13-20/h4-5,8-13,18H,6-7,14-17H2,1-3H3. The summed E-state index contributed by atoms with van der Waals surface area (Å²) in [7, 11) is 0. The summed E-state index contributed by atoms with van der Waals surface area (Å²) in [5, 5.41) is 0.710. The van der Waals surface area contributed by atoms with Crippen molar-refractivity contribution in [3.63, 3.8) is 0 Å². The molecule has 0 aliphatic carbocycles. The fourth-order valence-electron chi connectivity index (χ4n) is 4.26. The normalized spacial score (nSPS) is 17.0. The van der Waals surface area contributed by atoms with Crippen LogP contribution in [0.5, 0.6) is 5.75 Å². The van der Waals surface area contributed by atoms with Gasteiger partial charge in [-0.1, -0.05) is 23.7 Å². The minimum absolute atomic E-state index is 0.129. The summed E-state index contributed by atoms with van der Waals surface area (Å²) in [5.41, 5.74) is 1.97. The first-order valence-corrected chi connectivity index (χ1v) is 11.3. The van der Waals surface area contributed by atoms with Crippen LogP contribution < -0.4 is 4.74 Å². The first kappa shape index (κ1) is 21.7. The highest BCUT2D eigenvalue weighted by Crippen LogP contribution is 2.34. The van der Waals surface area contributed by atoms with E-state index in [1.54, 1.807) is 0 Å². The van der Waals surface area contributed by atoms with Gasteiger partial charge in [0.05, 0.1) is 17.6 Å². The maximum atomic E-state index is 12.7. The Bertz CT molecular complexity index is 1050. The number of nitrogens with zero attached hydrogens (tertiary/aromatic N) is 3. The van der Waals surface area contributed by atoms with E-state index in [9.17, 15) is 4.79 Å². The molecule has 1 aliphatic heterocycles. The molecule has 4 rings (SSSR count). The number of hydrogen-bond donors (Lipinski definition) is 0. The van der Waals surface area contributed by atoms with E-state index in [2.05, 4.69) is 43.5 Å². The number of carbonyl (C=O) groups is 1. The maximum Gasteiger partial charge on any atom is 0.223 e. The Morgan fingerprint density at radius 3 is 2.55 bits per heavy atom. The number of carbonyl (C=O) groups excluding carboxylic acids is 1. The number of likely N-dealkylation sites (tertiary alicyclic amines) is 1. The topological polar surface area (TPSA) is 47.4 Å². The SMILES string of the molecule is CC(C)(C)N1CC(c2nc3ccccc3n2CCCCOc2ccc(Cl)cc2)CC1=O. The lowest BCUT2D eigenvalue weighted by atomic mass is 10.1. The average Bonchev–Trinajstić information content (AvgIpc) is 3.30. The summed E-state index contributed by atoms with van der Waals surface area (Å²) < 4.78 is 8.14. The Hall–Kier alpha value is -2.53. The van der Waals surface area contributed by atoms with Gasteiger partial charge < -0.3 is 14.2 Å². The van der Waals surface area contributed by atoms with Crippen LogP contribution in [0.2, 0.25) is 5.02 Å². The lowest BCUT2D eigenvalue weighted by Crippen LogP contribution is -2.42. The predicted molar refractivity (Wildman–Crippen MR) is 125 cm³/mol. The van der Waals surface area contributed by atoms with E-state index in [0.29, 0.717) is 18.1 Å². The summed E-state index contributed by atoms with van der Waals surface area (Å²) in [6, 6.07) is 15.7. The number of fused-ring (bicyclic) bond motifs is 1. The molecule has 31 heavy (non-hydrogen) atoms. The molecule has 1 fully saturated rings. The van der Waals surface area contributed by atoms with Crippen molar-refractivity contribution in [2.24, 2.45) is 0 Å². The van der Waals surface area contributed by atoms with Crippen molar-refractivity contribution in [2.75, 3.05) is 13.2 Å². The minimum Gasteiger partial charge on any atom is -0.494 e. The molecular weight excluding hydrogens is 410 g/mol. The number of ether oxygens (including phenoxy) is 1. The number of aryl methyl sites for hydroxylation is 1. The molecule has 0 radical (unpaired) electrons. The van der Waals surface area contributed by atoms with Crippen molar-refractivity contribution in [2.45, 2.75) is 58.0 Å². The number of rotatable bonds is 7. The molecule has 164 valence electrons. The maximum absolute atomic E-state index is 12.7. The summed E-state index contributed by atoms with van der Waals surface area (Å²) >= 11 is 5.92. The van der Waals surface area contributed by atoms with E-state index in [-0.39, 0.29) is 17.4 Å². The van der Waals surface area contributed by atoms with Gasteiger partial charge in [0.1, 0.15) is 11.6 Å². The second-order valence-corrected chi connectivity index (χ2v) is 9.63. The largest absolute Gasteiger partial charge is 0.494 e. The van der Waals surface area contributed by atoms with Crippen molar-refractivity contribution >= 4 is 28.5 Å². The summed E-state index contributed by atoms with van der Waals surface area (Å²) in [6.45, 7) is 8.53. The van der Waals surface area contributed by atoms with E-state index in [0.717, 1.165) is 48.5 Å². The lowest BCUT2D eigenvalue weighted by Gasteiger charge is -2.32. The highest BCUT2D eigenvalue weighted by atomic mass is 35.5. The van der Waals surface area contributed by atoms with E-state index >= 15 is 0 Å². The van der Waals surface area contributed by atoms with E-state index in [4.69, 9.17) is 21.3 Å². The zero-order valence-corrected chi connectivity index (χ0v) is 19.2. The molecule has 1 amide bonds. The Balaban J connectivity index is 1.44. The molecule has 5 nitrogen and oxygen atoms in total. The smallest absolute Gasteiger partial charge is 0.223 e. The van der Waals surface area contributed by atoms with Gasteiger partial charge in [0.15, 0.2) is 0 Å². The lowest BCUT2D eigenvalue weighted by molar-refractivity contribution is -0.131. The monoisotopic (exact) mass is 439 g/mol. The van der Waals surface area contributed by atoms with Crippen LogP contribution in [-0.2, 0) is 11.3 Å². The van der Waals surface area contributed by atoms with Gasteiger partial charge in [0.2, 0.25) is 5.91 Å². The number of aromatic nitrogens is 2. The highest BCUT2D eigenvalue weighted by Gasteiger charge is 2.38. The number of benzene rings is 2. The fourth-order valence-corrected chi connectivity index (χ4v) is 4.39. The van der Waals surface area contributed by atoms with Crippen molar-refractivity contribution in [3.05, 3.63) is 59.4 Å². The van der Waals surface area contributed by atoms with Crippen LogP contribution in [0.15, 0.2) is 48.5 Å². The zero-order chi connectivity index (χ0) is 22.0. The van der Waals surface area contributed by atoms with Crippen LogP contribution >= 0.6 is 11.6 Å². The number of para-hydroxylation sites is 2. The van der Waals surface area contributed by atoms with Crippen LogP contribution in [0.1, 0.15) is 51.8 Å². The summed E-state index contributed by atoms with van der Waals surface area (Å²) in [6.07, 6.45) is 2.44. The van der Waals surface area contributed by atoms with Gasteiger partial charge in [-0.05, 0) is 70.0 Å². The van der Waals surface area contributed by atoms with Crippen LogP contribution in [0, 0.1) is 0 Å². The predicted octanol–water partition coefficient (Wildman–Crippen LogP) is 5.66. The number of imidazole rings is 1. The van der Waals surface area contributed by atoms with Gasteiger partial charge in [0.25, 0.3) is 0 Å². The van der Waals surface area contributed by atoms with Crippen LogP contribution in [0.3, 0.4) is 0 Å². The second-order valence-electron chi connectivity index (χ2n) is 9.20. The molecule has 0 spiro atoms. The molecule has 2 heterocycles. The van der Waals surface area contributed by atoms with Crippen molar-refractivity contribution in [1.82, 2.24) is 14.5 Å². The number of amides is 1. The third-order valence-electron chi connectivity index (χ3n) is 5.84. The molecule has 0 saturated carbocycles. The van der Waals surface area contributed by atoms with Gasteiger partial charge in [0, 0.05) is 36.0 Å². The highest BCUT2D eigenvalue weighted by molar-refractivity contribution is 6.30. The van der Waals surface area contributed by atoms with Crippen LogP contribution in [-0.4, -0.2) is 39.0 Å². The molecular formula is C25H30ClN3O2. The molecule has 0 N–H and O–H groups in total. The summed E-state index contributed by atoms with van der Waals surface area (Å²) in [4.78, 5) is 19.6. The van der Waals surface area contributed by atoms with Crippen LogP contribution in [0.4, 0.5) is 0 Å². The fraction of sp³-hybridized carbons (Fsp3) is 0.440. The van der Waals surface area contributed by atoms with Gasteiger partial charge >= 0.3 is 0 Å². The molecule has 1 atom stereocenters. The van der Waals surface area contributed by atoms with Crippen molar-refractivity contribution in [1.29, 1.82) is 0 Å². The third-order valence-corrected chi connectivity index (χ3v) is 6.09. The number of hydrogen-bond acceptors (Lipinski definition) is 3. The molecule has 3 aromatic rings. The van der Waals surface area contributed by atoms with Gasteiger partial charge in [-0.15, -0.1) is 0 Å². The molecule has 1 aliphatic rings. The Labute approximate surface area is 189 Å². The molecule has 6 heteroatoms. The Morgan fingerprint density at radius 2 is 1.84 bits per heavy atom. The minimum atomic E-state index is -0.165. The first-order chi connectivity index (χ1) is 14.8. The van der Waals surface area contributed by atoms with Crippen molar-refractivity contribution < 1.29 is 9.53 Å². The molecule has 1 saturated heterocycles. The number of halogens is 1. The van der Waals surface area contributed by atoms with Crippen molar-refractivity contribution in [3.8, 4) is 5.75 Å². The summed E-state index contributed by atoms with van der Waals surface area (Å²) in [5.74, 6) is 2.21. The first-order valence-electron chi connectivity index (χ1n) is 11.0. The van der Waals surface area contributed by atoms with E-state index in [1.165, 1.54) is 0 Å². The zero-order valence-electron chi connectivity index (χ0n) is 18.5. The molecule has 1 unspecified atom stereocenters. The average molecular weight is 440 g/mol. The molecule has 1 aromatic heterocycles. The molecule has 0 bridgehead atoms. The van der Waals surface area contributed by atoms with E-state index < -0.39 is 0 Å². The van der Waals surface area contributed by atoms with Gasteiger partial charge in [-0.2, -0.15) is 0 Å². The van der Waals surface area contributed by atoms with E-state index in [1.807, 2.05) is 35.2 Å².